The molecule has 0 aliphatic heterocycles. The average Bonchev–Trinajstić information content (AvgIpc) is 3.68. The van der Waals surface area contributed by atoms with Gasteiger partial charge in [-0.1, -0.05) is 64.8 Å². The van der Waals surface area contributed by atoms with Crippen LogP contribution in [0.1, 0.15) is 5.56 Å². The molecule has 12 nitrogen and oxygen atoms in total. The highest BCUT2D eigenvalue weighted by atomic mass is 16.7. The van der Waals surface area contributed by atoms with Crippen LogP contribution in [0.3, 0.4) is 0 Å². The summed E-state index contributed by atoms with van der Waals surface area (Å²) in [4.78, 5) is 0. The summed E-state index contributed by atoms with van der Waals surface area (Å²) in [5.41, 5.74) is 1.02. The molecule has 0 saturated carbocycles. The van der Waals surface area contributed by atoms with E-state index in [2.05, 4.69) is 20.4 Å². The van der Waals surface area contributed by atoms with Crippen molar-refractivity contribution in [3.8, 4) is 52.3 Å². The number of nitrogens with one attached hydrogen (secondary N) is 2. The Bertz CT molecular complexity index is 1730. The van der Waals surface area contributed by atoms with Crippen LogP contribution in [0.2, 0.25) is 0 Å². The van der Waals surface area contributed by atoms with E-state index in [4.69, 9.17) is 38.6 Å². The van der Waals surface area contributed by atoms with Gasteiger partial charge in [-0.05, 0) is 54.6 Å². The molecule has 4 aromatic carbocycles. The van der Waals surface area contributed by atoms with Crippen LogP contribution in [-0.2, 0) is 4.74 Å². The summed E-state index contributed by atoms with van der Waals surface area (Å²) in [6.45, 7) is 0. The van der Waals surface area contributed by atoms with E-state index in [1.807, 2.05) is 42.5 Å². The lowest BCUT2D eigenvalue weighted by molar-refractivity contribution is 0.335. The zero-order valence-electron chi connectivity index (χ0n) is 21.6. The van der Waals surface area contributed by atoms with Crippen LogP contribution in [0, 0.1) is 10.8 Å². The van der Waals surface area contributed by atoms with Gasteiger partial charge in [0.2, 0.25) is 5.90 Å². The van der Waals surface area contributed by atoms with Gasteiger partial charge in [0, 0.05) is 16.7 Å². The summed E-state index contributed by atoms with van der Waals surface area (Å²) in [6, 6.07) is 31.4. The number of para-hydroxylation sites is 3. The summed E-state index contributed by atoms with van der Waals surface area (Å²) < 4.78 is 33.4. The number of hydrogen-bond donors (Lipinski definition) is 2. The molecule has 0 radical (unpaired) electrons. The molecule has 2 N–H and O–H groups in total. The molecular weight excluding hydrogens is 540 g/mol. The maximum Gasteiger partial charge on any atom is 0.420 e. The second-order valence-electron chi connectivity index (χ2n) is 8.51. The third-order valence-corrected chi connectivity index (χ3v) is 5.55. The summed E-state index contributed by atoms with van der Waals surface area (Å²) in [5.74, 6) is 1.22. The molecule has 0 fully saturated rings. The molecule has 6 rings (SSSR count). The van der Waals surface area contributed by atoms with Crippen LogP contribution in [0.15, 0.2) is 118 Å². The Morgan fingerprint density at radius 3 is 1.48 bits per heavy atom. The maximum absolute atomic E-state index is 8.53. The van der Waals surface area contributed by atoms with Crippen molar-refractivity contribution in [3.63, 3.8) is 0 Å². The van der Waals surface area contributed by atoms with Gasteiger partial charge in [-0.2, -0.15) is 0 Å². The van der Waals surface area contributed by atoms with Gasteiger partial charge >= 0.3 is 18.2 Å². The van der Waals surface area contributed by atoms with Crippen LogP contribution in [0.25, 0.3) is 22.9 Å². The van der Waals surface area contributed by atoms with Gasteiger partial charge in [0.25, 0.3) is 11.8 Å². The second-order valence-corrected chi connectivity index (χ2v) is 8.51. The summed E-state index contributed by atoms with van der Waals surface area (Å²) in [5, 5.41) is 32.7. The van der Waals surface area contributed by atoms with E-state index in [-0.39, 0.29) is 35.4 Å². The number of rotatable bonds is 8. The molecule has 0 amide bonds. The fourth-order valence-electron chi connectivity index (χ4n) is 3.69. The third kappa shape index (κ3) is 6.29. The van der Waals surface area contributed by atoms with Crippen LogP contribution in [-0.4, -0.2) is 32.4 Å². The van der Waals surface area contributed by atoms with Gasteiger partial charge in [0.05, 0.1) is 0 Å². The molecule has 12 heteroatoms. The number of hydrogen-bond acceptors (Lipinski definition) is 12. The van der Waals surface area contributed by atoms with E-state index in [0.717, 1.165) is 0 Å². The smallest absolute Gasteiger partial charge is 0.411 e. The highest BCUT2D eigenvalue weighted by molar-refractivity contribution is 5.99. The lowest BCUT2D eigenvalue weighted by Crippen LogP contribution is -2.17. The zero-order chi connectivity index (χ0) is 28.7. The van der Waals surface area contributed by atoms with Gasteiger partial charge in [-0.25, -0.2) is 5.41 Å². The molecule has 0 aliphatic rings. The molecule has 2 heterocycles. The van der Waals surface area contributed by atoms with Crippen LogP contribution in [0.4, 0.5) is 0 Å². The van der Waals surface area contributed by atoms with E-state index in [1.165, 1.54) is 0 Å². The van der Waals surface area contributed by atoms with Crippen molar-refractivity contribution in [2.45, 2.75) is 0 Å². The topological polar surface area (TPSA) is 162 Å². The molecule has 0 unspecified atom stereocenters. The molecule has 0 spiro atoms. The van der Waals surface area contributed by atoms with Crippen molar-refractivity contribution in [1.82, 2.24) is 20.4 Å². The van der Waals surface area contributed by atoms with Gasteiger partial charge < -0.3 is 27.8 Å². The Balaban J connectivity index is 1.29. The second kappa shape index (κ2) is 11.8. The first-order valence-electron chi connectivity index (χ1n) is 12.5. The zero-order valence-corrected chi connectivity index (χ0v) is 21.6. The molecular formula is C30H20N6O6. The first-order chi connectivity index (χ1) is 20.6. The van der Waals surface area contributed by atoms with Gasteiger partial charge in [0.1, 0.15) is 17.2 Å². The van der Waals surface area contributed by atoms with Gasteiger partial charge in [-0.3, -0.25) is 5.41 Å². The molecule has 2 aromatic heterocycles. The highest BCUT2D eigenvalue weighted by Crippen LogP contribution is 2.31. The lowest BCUT2D eigenvalue weighted by atomic mass is 10.1. The Hall–Kier alpha value is -6.30. The normalized spacial score (nSPS) is 10.6. The number of nitrogens with zero attached hydrogens (tertiary/aromatic N) is 4. The first kappa shape index (κ1) is 26.0. The van der Waals surface area contributed by atoms with Crippen LogP contribution < -0.4 is 14.2 Å². The lowest BCUT2D eigenvalue weighted by Gasteiger charge is -2.10. The minimum atomic E-state index is -0.592. The van der Waals surface area contributed by atoms with Crippen molar-refractivity contribution >= 4 is 12.0 Å². The van der Waals surface area contributed by atoms with Crippen molar-refractivity contribution in [2.75, 3.05) is 0 Å². The Kier molecular flexibility index (Phi) is 7.31. The van der Waals surface area contributed by atoms with E-state index >= 15 is 0 Å². The summed E-state index contributed by atoms with van der Waals surface area (Å²) >= 11 is 0. The van der Waals surface area contributed by atoms with Crippen molar-refractivity contribution in [1.29, 1.82) is 10.8 Å². The fourth-order valence-corrected chi connectivity index (χ4v) is 3.69. The molecule has 0 atom stereocenters. The quantitative estimate of drug-likeness (QED) is 0.151. The SMILES string of the molecule is N=C(OC(=N)c1cc(-c2nnc(Oc3ccccc3)o2)cc(-c2nnc(Oc3ccccc3)o2)c1)Oc1ccccc1. The van der Waals surface area contributed by atoms with Crippen LogP contribution in [0.5, 0.6) is 29.4 Å². The minimum absolute atomic E-state index is 0.0798. The number of benzene rings is 4. The third-order valence-electron chi connectivity index (χ3n) is 5.55. The Morgan fingerprint density at radius 1 is 0.548 bits per heavy atom. The van der Waals surface area contributed by atoms with E-state index in [0.29, 0.717) is 28.4 Å². The predicted octanol–water partition coefficient (Wildman–Crippen LogP) is 6.73. The van der Waals surface area contributed by atoms with E-state index in [1.54, 1.807) is 66.7 Å². The highest BCUT2D eigenvalue weighted by Gasteiger charge is 2.19. The van der Waals surface area contributed by atoms with Gasteiger partial charge in [-0.15, -0.1) is 10.2 Å². The molecule has 0 aliphatic carbocycles. The predicted molar refractivity (Wildman–Crippen MR) is 149 cm³/mol. The average molecular weight is 561 g/mol. The Morgan fingerprint density at radius 2 is 1.00 bits per heavy atom. The summed E-state index contributed by atoms with van der Waals surface area (Å²) in [6.07, 6.45) is -0.751. The van der Waals surface area contributed by atoms with Gasteiger partial charge in [0.15, 0.2) is 0 Å². The molecule has 42 heavy (non-hydrogen) atoms. The molecule has 0 saturated heterocycles. The molecule has 0 bridgehead atoms. The number of aromatic nitrogens is 4. The van der Waals surface area contributed by atoms with Crippen molar-refractivity contribution in [2.24, 2.45) is 0 Å². The largest absolute Gasteiger partial charge is 0.420 e. The monoisotopic (exact) mass is 560 g/mol. The van der Waals surface area contributed by atoms with E-state index in [9.17, 15) is 0 Å². The van der Waals surface area contributed by atoms with Crippen molar-refractivity contribution in [3.05, 3.63) is 115 Å². The number of ether oxygens (including phenoxy) is 4. The standard InChI is InChI=1S/C30H20N6O6/c31-25(40-28(32)37-22-10-4-1-5-11-22)19-16-20(26-33-35-29(41-26)38-23-12-6-2-7-13-23)18-21(17-19)27-34-36-30(42-27)39-24-14-8-3-9-15-24/h1-18,31-32H. The Labute approximate surface area is 238 Å². The minimum Gasteiger partial charge on any atom is -0.411 e. The summed E-state index contributed by atoms with van der Waals surface area (Å²) in [7, 11) is 0. The van der Waals surface area contributed by atoms with Crippen LogP contribution >= 0.6 is 0 Å². The molecule has 6 aromatic rings. The fraction of sp³-hybridized carbons (Fsp3) is 0. The van der Waals surface area contributed by atoms with E-state index < -0.39 is 6.08 Å². The molecule has 206 valence electrons. The first-order valence-corrected chi connectivity index (χ1v) is 12.5. The van der Waals surface area contributed by atoms with Crippen molar-refractivity contribution < 1.29 is 27.8 Å². The maximum atomic E-state index is 8.53.